The molecule has 3 nitrogen and oxygen atoms in total. The normalized spacial score (nSPS) is 10.7. The molecule has 0 radical (unpaired) electrons. The van der Waals surface area contributed by atoms with Crippen molar-refractivity contribution in [2.75, 3.05) is 13.2 Å². The molecule has 0 rings (SSSR count). The number of amides is 1. The maximum Gasteiger partial charge on any atom is 0.220 e. The summed E-state index contributed by atoms with van der Waals surface area (Å²) in [5, 5.41) is 2.89. The third kappa shape index (κ3) is 11.4. The average Bonchev–Trinajstić information content (AvgIpc) is 2.15. The molecule has 1 amide bonds. The summed E-state index contributed by atoms with van der Waals surface area (Å²) in [6.45, 7) is 7.64. The SMILES string of the molecule is CCOCCCCCCC(=O)NC(C)C. The molecule has 0 aliphatic carbocycles. The Balaban J connectivity index is 3.13. The third-order valence-corrected chi connectivity index (χ3v) is 2.10. The molecule has 15 heavy (non-hydrogen) atoms. The Morgan fingerprint density at radius 2 is 1.87 bits per heavy atom. The molecule has 0 aliphatic heterocycles. The Morgan fingerprint density at radius 3 is 2.47 bits per heavy atom. The van der Waals surface area contributed by atoms with Gasteiger partial charge in [0.2, 0.25) is 5.91 Å². The lowest BCUT2D eigenvalue weighted by molar-refractivity contribution is -0.121. The number of hydrogen-bond acceptors (Lipinski definition) is 2. The van der Waals surface area contributed by atoms with Crippen LogP contribution in [0.4, 0.5) is 0 Å². The van der Waals surface area contributed by atoms with Gasteiger partial charge < -0.3 is 10.1 Å². The summed E-state index contributed by atoms with van der Waals surface area (Å²) in [5.41, 5.74) is 0. The summed E-state index contributed by atoms with van der Waals surface area (Å²) < 4.78 is 5.23. The van der Waals surface area contributed by atoms with E-state index in [2.05, 4.69) is 5.32 Å². The van der Waals surface area contributed by atoms with Crippen LogP contribution < -0.4 is 5.32 Å². The highest BCUT2D eigenvalue weighted by atomic mass is 16.5. The van der Waals surface area contributed by atoms with Gasteiger partial charge in [-0.25, -0.2) is 0 Å². The van der Waals surface area contributed by atoms with Crippen molar-refractivity contribution in [1.82, 2.24) is 5.32 Å². The molecule has 0 heterocycles. The van der Waals surface area contributed by atoms with Gasteiger partial charge in [-0.2, -0.15) is 0 Å². The number of carbonyl (C=O) groups is 1. The standard InChI is InChI=1S/C12H25NO2/c1-4-15-10-8-6-5-7-9-12(14)13-11(2)3/h11H,4-10H2,1-3H3,(H,13,14). The second kappa shape index (κ2) is 9.97. The highest BCUT2D eigenvalue weighted by Crippen LogP contribution is 2.03. The van der Waals surface area contributed by atoms with E-state index in [9.17, 15) is 4.79 Å². The van der Waals surface area contributed by atoms with Gasteiger partial charge in [-0.15, -0.1) is 0 Å². The number of ether oxygens (including phenoxy) is 1. The minimum atomic E-state index is 0.176. The van der Waals surface area contributed by atoms with E-state index in [1.165, 1.54) is 0 Å². The third-order valence-electron chi connectivity index (χ3n) is 2.10. The summed E-state index contributed by atoms with van der Waals surface area (Å²) in [7, 11) is 0. The average molecular weight is 215 g/mol. The van der Waals surface area contributed by atoms with Crippen LogP contribution in [-0.2, 0) is 9.53 Å². The first-order valence-electron chi connectivity index (χ1n) is 6.04. The largest absolute Gasteiger partial charge is 0.382 e. The second-order valence-corrected chi connectivity index (χ2v) is 4.08. The van der Waals surface area contributed by atoms with Crippen LogP contribution in [0.2, 0.25) is 0 Å². The summed E-state index contributed by atoms with van der Waals surface area (Å²) >= 11 is 0. The second-order valence-electron chi connectivity index (χ2n) is 4.08. The van der Waals surface area contributed by atoms with Gasteiger partial charge in [-0.1, -0.05) is 12.8 Å². The summed E-state index contributed by atoms with van der Waals surface area (Å²) in [5.74, 6) is 0.176. The maximum atomic E-state index is 11.3. The molecule has 0 saturated carbocycles. The van der Waals surface area contributed by atoms with Gasteiger partial charge in [0.05, 0.1) is 0 Å². The Morgan fingerprint density at radius 1 is 1.20 bits per heavy atom. The van der Waals surface area contributed by atoms with E-state index in [-0.39, 0.29) is 11.9 Å². The van der Waals surface area contributed by atoms with E-state index < -0.39 is 0 Å². The molecule has 0 aromatic carbocycles. The number of carbonyl (C=O) groups excluding carboxylic acids is 1. The van der Waals surface area contributed by atoms with Crippen LogP contribution in [-0.4, -0.2) is 25.2 Å². The van der Waals surface area contributed by atoms with Crippen LogP contribution in [0.1, 0.15) is 52.9 Å². The smallest absolute Gasteiger partial charge is 0.220 e. The molecule has 3 heteroatoms. The van der Waals surface area contributed by atoms with Gasteiger partial charge in [0, 0.05) is 25.7 Å². The van der Waals surface area contributed by atoms with Gasteiger partial charge in [-0.3, -0.25) is 4.79 Å². The van der Waals surface area contributed by atoms with E-state index in [1.54, 1.807) is 0 Å². The molecule has 0 aromatic rings. The lowest BCUT2D eigenvalue weighted by Gasteiger charge is -2.07. The van der Waals surface area contributed by atoms with Crippen molar-refractivity contribution in [2.45, 2.75) is 58.9 Å². The molecule has 0 atom stereocenters. The van der Waals surface area contributed by atoms with Gasteiger partial charge >= 0.3 is 0 Å². The number of unbranched alkanes of at least 4 members (excludes halogenated alkanes) is 3. The van der Waals surface area contributed by atoms with Crippen molar-refractivity contribution in [2.24, 2.45) is 0 Å². The predicted octanol–water partition coefficient (Wildman–Crippen LogP) is 2.50. The first-order chi connectivity index (χ1) is 7.16. The molecule has 0 spiro atoms. The Kier molecular flexibility index (Phi) is 9.59. The number of rotatable bonds is 9. The van der Waals surface area contributed by atoms with Crippen molar-refractivity contribution in [3.63, 3.8) is 0 Å². The molecule has 0 unspecified atom stereocenters. The van der Waals surface area contributed by atoms with Crippen molar-refractivity contribution < 1.29 is 9.53 Å². The Hall–Kier alpha value is -0.570. The summed E-state index contributed by atoms with van der Waals surface area (Å²) in [6, 6.07) is 0.260. The number of hydrogen-bond donors (Lipinski definition) is 1. The Bertz CT molecular complexity index is 158. The molecular formula is C12H25NO2. The fourth-order valence-electron chi connectivity index (χ4n) is 1.38. The van der Waals surface area contributed by atoms with Crippen molar-refractivity contribution >= 4 is 5.91 Å². The van der Waals surface area contributed by atoms with E-state index in [0.717, 1.165) is 38.9 Å². The fourth-order valence-corrected chi connectivity index (χ4v) is 1.38. The minimum Gasteiger partial charge on any atom is -0.382 e. The van der Waals surface area contributed by atoms with Crippen molar-refractivity contribution in [3.05, 3.63) is 0 Å². The topological polar surface area (TPSA) is 38.3 Å². The highest BCUT2D eigenvalue weighted by molar-refractivity contribution is 5.76. The van der Waals surface area contributed by atoms with Gasteiger partial charge in [0.1, 0.15) is 0 Å². The van der Waals surface area contributed by atoms with Crippen LogP contribution in [0.25, 0.3) is 0 Å². The zero-order valence-electron chi connectivity index (χ0n) is 10.3. The van der Waals surface area contributed by atoms with E-state index in [4.69, 9.17) is 4.74 Å². The minimum absolute atomic E-state index is 0.176. The molecule has 0 aliphatic rings. The highest BCUT2D eigenvalue weighted by Gasteiger charge is 2.01. The van der Waals surface area contributed by atoms with Crippen LogP contribution in [0.15, 0.2) is 0 Å². The van der Waals surface area contributed by atoms with Crippen molar-refractivity contribution in [1.29, 1.82) is 0 Å². The van der Waals surface area contributed by atoms with Crippen LogP contribution in [0, 0.1) is 0 Å². The predicted molar refractivity (Wildman–Crippen MR) is 62.9 cm³/mol. The van der Waals surface area contributed by atoms with Gasteiger partial charge in [-0.05, 0) is 33.6 Å². The van der Waals surface area contributed by atoms with Crippen LogP contribution >= 0.6 is 0 Å². The van der Waals surface area contributed by atoms with E-state index >= 15 is 0 Å². The lowest BCUT2D eigenvalue weighted by Crippen LogP contribution is -2.29. The quantitative estimate of drug-likeness (QED) is 0.600. The van der Waals surface area contributed by atoms with Crippen LogP contribution in [0.5, 0.6) is 0 Å². The zero-order chi connectivity index (χ0) is 11.5. The zero-order valence-corrected chi connectivity index (χ0v) is 10.3. The van der Waals surface area contributed by atoms with E-state index in [1.807, 2.05) is 20.8 Å². The van der Waals surface area contributed by atoms with Gasteiger partial charge in [0.15, 0.2) is 0 Å². The first-order valence-corrected chi connectivity index (χ1v) is 6.04. The Labute approximate surface area is 93.6 Å². The maximum absolute atomic E-state index is 11.3. The summed E-state index contributed by atoms with van der Waals surface area (Å²) in [4.78, 5) is 11.3. The molecule has 0 fully saturated rings. The molecular weight excluding hydrogens is 190 g/mol. The summed E-state index contributed by atoms with van der Waals surface area (Å²) in [6.07, 6.45) is 5.05. The van der Waals surface area contributed by atoms with Gasteiger partial charge in [0.25, 0.3) is 0 Å². The molecule has 90 valence electrons. The fraction of sp³-hybridized carbons (Fsp3) is 0.917. The lowest BCUT2D eigenvalue weighted by atomic mass is 10.1. The molecule has 0 bridgehead atoms. The first kappa shape index (κ1) is 14.4. The van der Waals surface area contributed by atoms with Crippen LogP contribution in [0.3, 0.4) is 0 Å². The monoisotopic (exact) mass is 215 g/mol. The van der Waals surface area contributed by atoms with Crippen molar-refractivity contribution in [3.8, 4) is 0 Å². The molecule has 0 aromatic heterocycles. The molecule has 0 saturated heterocycles. The van der Waals surface area contributed by atoms with E-state index in [0.29, 0.717) is 6.42 Å². The molecule has 1 N–H and O–H groups in total. The number of nitrogens with one attached hydrogen (secondary N) is 1.